The Labute approximate surface area is 212 Å². The number of hydrogen-bond acceptors (Lipinski definition) is 4. The maximum absolute atomic E-state index is 13.6. The lowest BCUT2D eigenvalue weighted by molar-refractivity contribution is -0.141. The number of anilines is 1. The third-order valence-electron chi connectivity index (χ3n) is 5.34. The van der Waals surface area contributed by atoms with Gasteiger partial charge in [0.25, 0.3) is 0 Å². The maximum atomic E-state index is 13.6. The fourth-order valence-electron chi connectivity index (χ4n) is 3.62. The van der Waals surface area contributed by atoms with E-state index in [1.165, 1.54) is 29.2 Å². The lowest BCUT2D eigenvalue weighted by Crippen LogP contribution is -2.55. The number of hydrogen-bond donors (Lipinski definition) is 1. The van der Waals surface area contributed by atoms with Crippen LogP contribution in [0.3, 0.4) is 0 Å². The molecule has 1 atom stereocenters. The van der Waals surface area contributed by atoms with Gasteiger partial charge >= 0.3 is 0 Å². The minimum absolute atomic E-state index is 0.00130. The summed E-state index contributed by atoms with van der Waals surface area (Å²) in [4.78, 5) is 28.1. The molecule has 0 saturated carbocycles. The van der Waals surface area contributed by atoms with Gasteiger partial charge in [0.05, 0.1) is 11.9 Å². The van der Waals surface area contributed by atoms with Gasteiger partial charge in [-0.15, -0.1) is 0 Å². The first-order valence-corrected chi connectivity index (χ1v) is 13.5. The fourth-order valence-corrected chi connectivity index (χ4v) is 4.69. The standard InChI is InChI=1S/C25H33ClFN3O4S/c1-7-21(24(32)28-25(3,4)5)29(15-18-11-13-19(27)14-12-18)23(31)16-30(35(6,33)34)22-10-8-9-20(26)17(22)2/h8-14,21H,7,15-16H2,1-6H3,(H,28,32). The van der Waals surface area contributed by atoms with E-state index in [4.69, 9.17) is 11.6 Å². The van der Waals surface area contributed by atoms with Crippen LogP contribution < -0.4 is 9.62 Å². The maximum Gasteiger partial charge on any atom is 0.244 e. The SMILES string of the molecule is CCC(C(=O)NC(C)(C)C)N(Cc1ccc(F)cc1)C(=O)CN(c1cccc(Cl)c1C)S(C)(=O)=O. The summed E-state index contributed by atoms with van der Waals surface area (Å²) >= 11 is 6.20. The van der Waals surface area contributed by atoms with Crippen LogP contribution in [-0.2, 0) is 26.2 Å². The van der Waals surface area contributed by atoms with E-state index in [1.807, 2.05) is 20.8 Å². The zero-order chi connectivity index (χ0) is 26.6. The smallest absolute Gasteiger partial charge is 0.244 e. The van der Waals surface area contributed by atoms with E-state index in [0.29, 0.717) is 22.6 Å². The molecule has 0 fully saturated rings. The molecule has 1 N–H and O–H groups in total. The highest BCUT2D eigenvalue weighted by Crippen LogP contribution is 2.28. The Bertz CT molecular complexity index is 1160. The highest BCUT2D eigenvalue weighted by atomic mass is 35.5. The van der Waals surface area contributed by atoms with Crippen molar-refractivity contribution >= 4 is 39.1 Å². The Balaban J connectivity index is 2.49. The number of carbonyl (C=O) groups is 2. The summed E-state index contributed by atoms with van der Waals surface area (Å²) in [6.45, 7) is 8.41. The lowest BCUT2D eigenvalue weighted by Gasteiger charge is -2.34. The van der Waals surface area contributed by atoms with Gasteiger partial charge in [0, 0.05) is 17.1 Å². The Morgan fingerprint density at radius 2 is 1.71 bits per heavy atom. The largest absolute Gasteiger partial charge is 0.350 e. The van der Waals surface area contributed by atoms with Gasteiger partial charge in [-0.1, -0.05) is 36.7 Å². The molecule has 2 rings (SSSR count). The normalized spacial score (nSPS) is 12.7. The third-order valence-corrected chi connectivity index (χ3v) is 6.87. The van der Waals surface area contributed by atoms with Crippen molar-refractivity contribution in [1.82, 2.24) is 10.2 Å². The van der Waals surface area contributed by atoms with E-state index in [2.05, 4.69) is 5.32 Å². The molecule has 1 unspecified atom stereocenters. The molecular weight excluding hydrogens is 493 g/mol. The minimum Gasteiger partial charge on any atom is -0.350 e. The van der Waals surface area contributed by atoms with E-state index < -0.39 is 39.9 Å². The average Bonchev–Trinajstić information content (AvgIpc) is 2.73. The molecule has 35 heavy (non-hydrogen) atoms. The number of halogens is 2. The van der Waals surface area contributed by atoms with Gasteiger partial charge in [-0.05, 0) is 69.5 Å². The van der Waals surface area contributed by atoms with E-state index in [-0.39, 0.29) is 18.1 Å². The van der Waals surface area contributed by atoms with Gasteiger partial charge in [0.2, 0.25) is 21.8 Å². The Hall–Kier alpha value is -2.65. The van der Waals surface area contributed by atoms with Crippen LogP contribution in [0.15, 0.2) is 42.5 Å². The molecule has 0 aliphatic rings. The van der Waals surface area contributed by atoms with Crippen molar-refractivity contribution in [2.24, 2.45) is 0 Å². The topological polar surface area (TPSA) is 86.8 Å². The quantitative estimate of drug-likeness (QED) is 0.529. The number of nitrogens with zero attached hydrogens (tertiary/aromatic N) is 2. The molecule has 192 valence electrons. The molecule has 0 heterocycles. The van der Waals surface area contributed by atoms with Crippen LogP contribution in [0.5, 0.6) is 0 Å². The van der Waals surface area contributed by atoms with Gasteiger partial charge in [0.1, 0.15) is 18.4 Å². The summed E-state index contributed by atoms with van der Waals surface area (Å²) in [5, 5.41) is 3.25. The summed E-state index contributed by atoms with van der Waals surface area (Å²) < 4.78 is 39.8. The van der Waals surface area contributed by atoms with Gasteiger partial charge in [-0.3, -0.25) is 13.9 Å². The molecule has 2 amide bonds. The van der Waals surface area contributed by atoms with Crippen LogP contribution in [0, 0.1) is 12.7 Å². The number of sulfonamides is 1. The van der Waals surface area contributed by atoms with Crippen LogP contribution in [0.4, 0.5) is 10.1 Å². The van der Waals surface area contributed by atoms with E-state index >= 15 is 0 Å². The molecule has 0 aromatic heterocycles. The molecule has 2 aromatic rings. The van der Waals surface area contributed by atoms with Crippen LogP contribution in [0.1, 0.15) is 45.2 Å². The molecule has 0 aliphatic heterocycles. The van der Waals surface area contributed by atoms with E-state index in [1.54, 1.807) is 32.0 Å². The first kappa shape index (κ1) is 28.6. The van der Waals surface area contributed by atoms with Crippen molar-refractivity contribution in [3.8, 4) is 0 Å². The van der Waals surface area contributed by atoms with Gasteiger partial charge in [-0.25, -0.2) is 12.8 Å². The average molecular weight is 526 g/mol. The summed E-state index contributed by atoms with van der Waals surface area (Å²) in [5.41, 5.74) is 0.857. The molecule has 10 heteroatoms. The molecule has 2 aromatic carbocycles. The zero-order valence-corrected chi connectivity index (χ0v) is 22.5. The van der Waals surface area contributed by atoms with Crippen molar-refractivity contribution in [2.75, 3.05) is 17.1 Å². The van der Waals surface area contributed by atoms with Crippen LogP contribution >= 0.6 is 11.6 Å². The Kier molecular flexibility index (Phi) is 9.30. The Morgan fingerprint density at radius 3 is 2.23 bits per heavy atom. The van der Waals surface area contributed by atoms with Crippen molar-refractivity contribution in [1.29, 1.82) is 0 Å². The minimum atomic E-state index is -3.87. The van der Waals surface area contributed by atoms with E-state index in [0.717, 1.165) is 10.6 Å². The predicted octanol–water partition coefficient (Wildman–Crippen LogP) is 4.28. The highest BCUT2D eigenvalue weighted by molar-refractivity contribution is 7.92. The third kappa shape index (κ3) is 7.93. The van der Waals surface area contributed by atoms with Crippen molar-refractivity contribution in [3.05, 3.63) is 64.4 Å². The highest BCUT2D eigenvalue weighted by Gasteiger charge is 2.33. The number of amides is 2. The van der Waals surface area contributed by atoms with Crippen molar-refractivity contribution in [3.63, 3.8) is 0 Å². The van der Waals surface area contributed by atoms with Gasteiger partial charge in [0.15, 0.2) is 0 Å². The van der Waals surface area contributed by atoms with Crippen molar-refractivity contribution in [2.45, 2.75) is 59.2 Å². The first-order chi connectivity index (χ1) is 16.1. The first-order valence-electron chi connectivity index (χ1n) is 11.2. The molecule has 0 spiro atoms. The predicted molar refractivity (Wildman–Crippen MR) is 137 cm³/mol. The monoisotopic (exact) mass is 525 g/mol. The number of carbonyl (C=O) groups excluding carboxylic acids is 2. The van der Waals surface area contributed by atoms with Crippen molar-refractivity contribution < 1.29 is 22.4 Å². The fraction of sp³-hybridized carbons (Fsp3) is 0.440. The molecular formula is C25H33ClFN3O4S. The van der Waals surface area contributed by atoms with Gasteiger partial charge in [-0.2, -0.15) is 0 Å². The Morgan fingerprint density at radius 1 is 1.11 bits per heavy atom. The molecule has 0 saturated heterocycles. The summed E-state index contributed by atoms with van der Waals surface area (Å²) in [5.74, 6) is -1.36. The second kappa shape index (κ2) is 11.4. The summed E-state index contributed by atoms with van der Waals surface area (Å²) in [6, 6.07) is 9.54. The zero-order valence-electron chi connectivity index (χ0n) is 20.9. The summed E-state index contributed by atoms with van der Waals surface area (Å²) in [6.07, 6.45) is 1.30. The van der Waals surface area contributed by atoms with Gasteiger partial charge < -0.3 is 10.2 Å². The number of rotatable bonds is 9. The molecule has 0 radical (unpaired) electrons. The lowest BCUT2D eigenvalue weighted by atomic mass is 10.1. The van der Waals surface area contributed by atoms with Crippen LogP contribution in [0.25, 0.3) is 0 Å². The second-order valence-corrected chi connectivity index (χ2v) is 11.8. The molecule has 0 bridgehead atoms. The molecule has 7 nitrogen and oxygen atoms in total. The second-order valence-electron chi connectivity index (χ2n) is 9.46. The van der Waals surface area contributed by atoms with Crippen LogP contribution in [-0.4, -0.2) is 49.5 Å². The number of benzene rings is 2. The molecule has 0 aliphatic carbocycles. The number of nitrogens with one attached hydrogen (secondary N) is 1. The van der Waals surface area contributed by atoms with E-state index in [9.17, 15) is 22.4 Å². The van der Waals surface area contributed by atoms with Crippen LogP contribution in [0.2, 0.25) is 5.02 Å². The summed E-state index contributed by atoms with van der Waals surface area (Å²) in [7, 11) is -3.87.